The highest BCUT2D eigenvalue weighted by Gasteiger charge is 2.34. The molecular formula is C19H25F3N4. The maximum atomic E-state index is 12.7. The molecule has 1 unspecified atom stereocenters. The van der Waals surface area contributed by atoms with Gasteiger partial charge >= 0.3 is 6.18 Å². The van der Waals surface area contributed by atoms with E-state index in [1.165, 1.54) is 5.56 Å². The molecule has 0 aliphatic carbocycles. The molecule has 1 aromatic heterocycles. The third-order valence-electron chi connectivity index (χ3n) is 4.83. The van der Waals surface area contributed by atoms with E-state index in [1.807, 2.05) is 24.2 Å². The Kier molecular flexibility index (Phi) is 5.27. The van der Waals surface area contributed by atoms with E-state index in [4.69, 9.17) is 0 Å². The lowest BCUT2D eigenvalue weighted by Crippen LogP contribution is -2.40. The summed E-state index contributed by atoms with van der Waals surface area (Å²) in [4.78, 5) is 1.98. The quantitative estimate of drug-likeness (QED) is 0.835. The van der Waals surface area contributed by atoms with Crippen molar-refractivity contribution in [3.63, 3.8) is 0 Å². The summed E-state index contributed by atoms with van der Waals surface area (Å²) < 4.78 is 39.8. The molecule has 2 heterocycles. The molecule has 0 fully saturated rings. The molecule has 1 aliphatic rings. The summed E-state index contributed by atoms with van der Waals surface area (Å²) in [6.07, 6.45) is -0.474. The minimum atomic E-state index is -4.12. The van der Waals surface area contributed by atoms with Crippen molar-refractivity contribution in [3.8, 4) is 0 Å². The Morgan fingerprint density at radius 1 is 1.27 bits per heavy atom. The second kappa shape index (κ2) is 7.31. The molecule has 4 nitrogen and oxygen atoms in total. The van der Waals surface area contributed by atoms with Crippen LogP contribution in [0.2, 0.25) is 0 Å². The van der Waals surface area contributed by atoms with Gasteiger partial charge in [0.05, 0.1) is 18.3 Å². The molecule has 0 saturated carbocycles. The Balaban J connectivity index is 1.84. The largest absolute Gasteiger partial charge is 0.390 e. The molecule has 142 valence electrons. The first-order valence-electron chi connectivity index (χ1n) is 8.92. The van der Waals surface area contributed by atoms with Crippen molar-refractivity contribution >= 4 is 11.4 Å². The Hall–Kier alpha value is -2.02. The highest BCUT2D eigenvalue weighted by molar-refractivity contribution is 5.60. The highest BCUT2D eigenvalue weighted by Crippen LogP contribution is 2.38. The van der Waals surface area contributed by atoms with Gasteiger partial charge < -0.3 is 5.32 Å². The Morgan fingerprint density at radius 2 is 2.04 bits per heavy atom. The summed E-state index contributed by atoms with van der Waals surface area (Å²) in [6.45, 7) is 4.86. The number of fused-ring (bicyclic) bond motifs is 1. The number of benzene rings is 1. The molecule has 26 heavy (non-hydrogen) atoms. The minimum absolute atomic E-state index is 0.00301. The predicted octanol–water partition coefficient (Wildman–Crippen LogP) is 4.67. The molecular weight excluding hydrogens is 341 g/mol. The summed E-state index contributed by atoms with van der Waals surface area (Å²) in [5.41, 5.74) is 4.17. The molecule has 0 spiro atoms. The summed E-state index contributed by atoms with van der Waals surface area (Å²) >= 11 is 0. The first kappa shape index (κ1) is 18.8. The third-order valence-corrected chi connectivity index (χ3v) is 4.83. The van der Waals surface area contributed by atoms with Crippen LogP contribution in [-0.2, 0) is 13.5 Å². The van der Waals surface area contributed by atoms with Crippen molar-refractivity contribution in [2.24, 2.45) is 13.0 Å². The first-order valence-corrected chi connectivity index (χ1v) is 8.92. The van der Waals surface area contributed by atoms with Gasteiger partial charge in [0.25, 0.3) is 0 Å². The van der Waals surface area contributed by atoms with E-state index in [9.17, 15) is 13.2 Å². The lowest BCUT2D eigenvalue weighted by atomic mass is 9.85. The monoisotopic (exact) mass is 366 g/mol. The van der Waals surface area contributed by atoms with E-state index in [-0.39, 0.29) is 18.5 Å². The number of hydrogen-bond donors (Lipinski definition) is 1. The molecule has 1 atom stereocenters. The fourth-order valence-electron chi connectivity index (χ4n) is 3.73. The minimum Gasteiger partial charge on any atom is -0.353 e. The fraction of sp³-hybridized carbons (Fsp3) is 0.526. The van der Waals surface area contributed by atoms with Gasteiger partial charge in [0, 0.05) is 38.1 Å². The molecule has 3 rings (SSSR count). The summed E-state index contributed by atoms with van der Waals surface area (Å²) in [6, 6.07) is 6.18. The van der Waals surface area contributed by atoms with Gasteiger partial charge in [-0.05, 0) is 35.6 Å². The molecule has 0 saturated heterocycles. The van der Waals surface area contributed by atoms with Crippen LogP contribution >= 0.6 is 0 Å². The van der Waals surface area contributed by atoms with E-state index >= 15 is 0 Å². The average molecular weight is 366 g/mol. The zero-order valence-corrected chi connectivity index (χ0v) is 15.3. The van der Waals surface area contributed by atoms with E-state index in [1.54, 1.807) is 10.9 Å². The Labute approximate surface area is 152 Å². The molecule has 2 aromatic rings. The van der Waals surface area contributed by atoms with Crippen LogP contribution in [0.4, 0.5) is 24.5 Å². The van der Waals surface area contributed by atoms with Crippen molar-refractivity contribution in [1.29, 1.82) is 0 Å². The average Bonchev–Trinajstić information content (AvgIpc) is 2.96. The number of hydrogen-bond acceptors (Lipinski definition) is 3. The highest BCUT2D eigenvalue weighted by atomic mass is 19.4. The number of aryl methyl sites for hydroxylation is 1. The third kappa shape index (κ3) is 4.38. The number of nitrogens with zero attached hydrogens (tertiary/aromatic N) is 3. The van der Waals surface area contributed by atoms with Crippen molar-refractivity contribution in [1.82, 2.24) is 14.7 Å². The topological polar surface area (TPSA) is 33.1 Å². The molecule has 0 radical (unpaired) electrons. The zero-order valence-electron chi connectivity index (χ0n) is 15.3. The van der Waals surface area contributed by atoms with Gasteiger partial charge in [-0.1, -0.05) is 19.9 Å². The molecule has 0 bridgehead atoms. The van der Waals surface area contributed by atoms with Crippen LogP contribution in [0.15, 0.2) is 30.6 Å². The van der Waals surface area contributed by atoms with Gasteiger partial charge in [0.15, 0.2) is 0 Å². The van der Waals surface area contributed by atoms with Gasteiger partial charge in [0.1, 0.15) is 0 Å². The summed E-state index contributed by atoms with van der Waals surface area (Å²) in [7, 11) is 1.85. The predicted molar refractivity (Wildman–Crippen MR) is 96.5 cm³/mol. The maximum absolute atomic E-state index is 12.7. The molecule has 7 heteroatoms. The van der Waals surface area contributed by atoms with Gasteiger partial charge in [-0.15, -0.1) is 0 Å². The van der Waals surface area contributed by atoms with Crippen LogP contribution in [0.1, 0.15) is 37.4 Å². The number of rotatable bonds is 5. The summed E-state index contributed by atoms with van der Waals surface area (Å²) in [5.74, 6) is 0.232. The second-order valence-corrected chi connectivity index (χ2v) is 7.28. The molecule has 1 aromatic carbocycles. The van der Waals surface area contributed by atoms with Crippen LogP contribution in [0.5, 0.6) is 0 Å². The second-order valence-electron chi connectivity index (χ2n) is 7.28. The van der Waals surface area contributed by atoms with Crippen LogP contribution in [-0.4, -0.2) is 33.9 Å². The maximum Gasteiger partial charge on any atom is 0.390 e. The number of aromatic nitrogens is 2. The normalized spacial score (nSPS) is 18.2. The Morgan fingerprint density at radius 3 is 2.65 bits per heavy atom. The van der Waals surface area contributed by atoms with Crippen molar-refractivity contribution in [2.45, 2.75) is 38.9 Å². The number of anilines is 2. The van der Waals surface area contributed by atoms with Crippen LogP contribution in [0.3, 0.4) is 0 Å². The van der Waals surface area contributed by atoms with Gasteiger partial charge in [-0.3, -0.25) is 9.58 Å². The molecule has 1 aliphatic heterocycles. The van der Waals surface area contributed by atoms with Gasteiger partial charge in [-0.2, -0.15) is 18.3 Å². The number of alkyl halides is 3. The lowest BCUT2D eigenvalue weighted by Gasteiger charge is -2.40. The van der Waals surface area contributed by atoms with Crippen LogP contribution in [0.25, 0.3) is 0 Å². The van der Waals surface area contributed by atoms with Gasteiger partial charge in [-0.25, -0.2) is 0 Å². The number of nitrogens with one attached hydrogen (secondary N) is 1. The first-order chi connectivity index (χ1) is 12.2. The van der Waals surface area contributed by atoms with Crippen molar-refractivity contribution in [2.75, 3.05) is 18.4 Å². The van der Waals surface area contributed by atoms with Crippen molar-refractivity contribution < 1.29 is 13.2 Å². The Bertz CT molecular complexity index is 751. The zero-order chi connectivity index (χ0) is 18.9. The molecule has 1 N–H and O–H groups in total. The standard InChI is InChI=1S/C19H25F3N4/c1-13(2)18-17-10-15(24-16-11-23-25(3)12-16)5-4-14(17)6-8-26(18)9-7-19(20,21)22/h4-5,10-13,18,24H,6-9H2,1-3H3. The van der Waals surface area contributed by atoms with E-state index < -0.39 is 12.6 Å². The molecule has 0 amide bonds. The van der Waals surface area contributed by atoms with E-state index in [0.29, 0.717) is 6.54 Å². The van der Waals surface area contributed by atoms with E-state index in [0.717, 1.165) is 23.4 Å². The SMILES string of the molecule is CC(C)C1c2cc(Nc3cnn(C)c3)ccc2CCN1CCC(F)(F)F. The van der Waals surface area contributed by atoms with Crippen LogP contribution < -0.4 is 5.32 Å². The summed E-state index contributed by atoms with van der Waals surface area (Å²) in [5, 5.41) is 7.47. The van der Waals surface area contributed by atoms with Crippen molar-refractivity contribution in [3.05, 3.63) is 41.7 Å². The van der Waals surface area contributed by atoms with E-state index in [2.05, 4.69) is 36.4 Å². The number of halogens is 3. The van der Waals surface area contributed by atoms with Gasteiger partial charge in [0.2, 0.25) is 0 Å². The smallest absolute Gasteiger partial charge is 0.353 e. The van der Waals surface area contributed by atoms with Crippen LogP contribution in [0, 0.1) is 5.92 Å². The lowest BCUT2D eigenvalue weighted by molar-refractivity contribution is -0.140. The fourth-order valence-corrected chi connectivity index (χ4v) is 3.73.